The molecule has 3 nitrogen and oxygen atoms in total. The molecule has 1 aromatic rings. The molecule has 0 aromatic heterocycles. The van der Waals surface area contributed by atoms with E-state index in [2.05, 4.69) is 26.1 Å². The number of nitrogens with one attached hydrogen (secondary N) is 1. The highest BCUT2D eigenvalue weighted by Gasteiger charge is 2.15. The fraction of sp³-hybridized carbons (Fsp3) is 0.625. The van der Waals surface area contributed by atoms with E-state index in [-0.39, 0.29) is 6.10 Å². The zero-order valence-electron chi connectivity index (χ0n) is 13.0. The Kier molecular flexibility index (Phi) is 7.78. The van der Waals surface area contributed by atoms with E-state index < -0.39 is 0 Å². The Morgan fingerprint density at radius 1 is 1.25 bits per heavy atom. The molecule has 0 radical (unpaired) electrons. The Morgan fingerprint density at radius 2 is 2.00 bits per heavy atom. The maximum atomic E-state index is 6.15. The van der Waals surface area contributed by atoms with Crippen molar-refractivity contribution in [2.75, 3.05) is 13.7 Å². The number of hydrogen-bond acceptors (Lipinski definition) is 3. The SMILES string of the molecule is CCCNCc1cc(Cl)cc(OC)c1OC(C)CCC. The lowest BCUT2D eigenvalue weighted by atomic mass is 10.1. The summed E-state index contributed by atoms with van der Waals surface area (Å²) in [7, 11) is 1.65. The molecule has 0 aliphatic rings. The Hall–Kier alpha value is -0.930. The second-order valence-electron chi connectivity index (χ2n) is 4.99. The van der Waals surface area contributed by atoms with Crippen LogP contribution in [0.15, 0.2) is 12.1 Å². The highest BCUT2D eigenvalue weighted by Crippen LogP contribution is 2.35. The standard InChI is InChI=1S/C16H26ClNO2/c1-5-7-12(3)20-16-13(11-18-8-6-2)9-14(17)10-15(16)19-4/h9-10,12,18H,5-8,11H2,1-4H3. The van der Waals surface area contributed by atoms with Gasteiger partial charge in [-0.1, -0.05) is 31.9 Å². The van der Waals surface area contributed by atoms with Crippen LogP contribution >= 0.6 is 11.6 Å². The summed E-state index contributed by atoms with van der Waals surface area (Å²) in [6, 6.07) is 3.75. The Balaban J connectivity index is 2.95. The lowest BCUT2D eigenvalue weighted by Crippen LogP contribution is -2.17. The van der Waals surface area contributed by atoms with Gasteiger partial charge in [0.2, 0.25) is 0 Å². The van der Waals surface area contributed by atoms with Crippen molar-refractivity contribution in [2.45, 2.75) is 52.7 Å². The molecule has 4 heteroatoms. The number of halogens is 1. The number of methoxy groups -OCH3 is 1. The largest absolute Gasteiger partial charge is 0.493 e. The molecule has 0 bridgehead atoms. The van der Waals surface area contributed by atoms with Crippen molar-refractivity contribution >= 4 is 11.6 Å². The molecule has 1 atom stereocenters. The van der Waals surface area contributed by atoms with Crippen molar-refractivity contribution in [1.82, 2.24) is 5.32 Å². The molecular weight excluding hydrogens is 274 g/mol. The number of rotatable bonds is 9. The summed E-state index contributed by atoms with van der Waals surface area (Å²) in [5, 5.41) is 4.05. The normalized spacial score (nSPS) is 12.2. The van der Waals surface area contributed by atoms with Crippen LogP contribution in [-0.2, 0) is 6.54 Å². The second kappa shape index (κ2) is 9.09. The van der Waals surface area contributed by atoms with Crippen molar-refractivity contribution in [3.05, 3.63) is 22.7 Å². The number of hydrogen-bond donors (Lipinski definition) is 1. The van der Waals surface area contributed by atoms with Crippen LogP contribution < -0.4 is 14.8 Å². The Bertz CT molecular complexity index is 410. The van der Waals surface area contributed by atoms with Gasteiger partial charge in [-0.15, -0.1) is 0 Å². The van der Waals surface area contributed by atoms with Gasteiger partial charge >= 0.3 is 0 Å². The van der Waals surface area contributed by atoms with Crippen molar-refractivity contribution in [3.63, 3.8) is 0 Å². The average Bonchev–Trinajstić information content (AvgIpc) is 2.41. The van der Waals surface area contributed by atoms with Crippen molar-refractivity contribution < 1.29 is 9.47 Å². The average molecular weight is 300 g/mol. The van der Waals surface area contributed by atoms with Gasteiger partial charge in [0.25, 0.3) is 0 Å². The molecule has 1 N–H and O–H groups in total. The van der Waals surface area contributed by atoms with Gasteiger partial charge in [0.15, 0.2) is 11.5 Å². The fourth-order valence-electron chi connectivity index (χ4n) is 2.11. The van der Waals surface area contributed by atoms with E-state index in [1.54, 1.807) is 13.2 Å². The van der Waals surface area contributed by atoms with Crippen molar-refractivity contribution in [2.24, 2.45) is 0 Å². The van der Waals surface area contributed by atoms with Crippen molar-refractivity contribution in [3.8, 4) is 11.5 Å². The van der Waals surface area contributed by atoms with Crippen LogP contribution in [-0.4, -0.2) is 19.8 Å². The van der Waals surface area contributed by atoms with Crippen LogP contribution in [0.3, 0.4) is 0 Å². The summed E-state index contributed by atoms with van der Waals surface area (Å²) in [4.78, 5) is 0. The minimum atomic E-state index is 0.167. The predicted octanol–water partition coefficient (Wildman–Crippen LogP) is 4.42. The molecule has 0 fully saturated rings. The molecule has 1 rings (SSSR count). The monoisotopic (exact) mass is 299 g/mol. The first-order valence-electron chi connectivity index (χ1n) is 7.36. The molecule has 20 heavy (non-hydrogen) atoms. The summed E-state index contributed by atoms with van der Waals surface area (Å²) in [5.74, 6) is 1.51. The second-order valence-corrected chi connectivity index (χ2v) is 5.43. The molecule has 0 saturated heterocycles. The topological polar surface area (TPSA) is 30.5 Å². The van der Waals surface area contributed by atoms with Crippen LogP contribution in [0.1, 0.15) is 45.6 Å². The van der Waals surface area contributed by atoms with Crippen LogP contribution in [0.4, 0.5) is 0 Å². The summed E-state index contributed by atoms with van der Waals surface area (Å²) < 4.78 is 11.5. The van der Waals surface area contributed by atoms with Gasteiger partial charge < -0.3 is 14.8 Å². The van der Waals surface area contributed by atoms with Gasteiger partial charge in [-0.2, -0.15) is 0 Å². The third-order valence-electron chi connectivity index (χ3n) is 3.07. The van der Waals surface area contributed by atoms with Crippen LogP contribution in [0.25, 0.3) is 0 Å². The zero-order chi connectivity index (χ0) is 15.0. The number of ether oxygens (including phenoxy) is 2. The van der Waals surface area contributed by atoms with E-state index in [1.165, 1.54) is 0 Å². The maximum absolute atomic E-state index is 6.15. The molecule has 0 saturated carbocycles. The van der Waals surface area contributed by atoms with Gasteiger partial charge in [-0.05, 0) is 32.4 Å². The van der Waals surface area contributed by atoms with E-state index in [0.29, 0.717) is 10.8 Å². The van der Waals surface area contributed by atoms with Crippen LogP contribution in [0.5, 0.6) is 11.5 Å². The van der Waals surface area contributed by atoms with Gasteiger partial charge in [-0.3, -0.25) is 0 Å². The summed E-state index contributed by atoms with van der Waals surface area (Å²) >= 11 is 6.15. The van der Waals surface area contributed by atoms with Crippen molar-refractivity contribution in [1.29, 1.82) is 0 Å². The minimum Gasteiger partial charge on any atom is -0.493 e. The molecule has 0 aliphatic carbocycles. The first-order valence-corrected chi connectivity index (χ1v) is 7.73. The molecule has 0 amide bonds. The molecule has 1 unspecified atom stereocenters. The fourth-order valence-corrected chi connectivity index (χ4v) is 2.34. The molecule has 0 heterocycles. The van der Waals surface area contributed by atoms with E-state index >= 15 is 0 Å². The zero-order valence-corrected chi connectivity index (χ0v) is 13.7. The highest BCUT2D eigenvalue weighted by molar-refractivity contribution is 6.30. The molecule has 0 spiro atoms. The van der Waals surface area contributed by atoms with Gasteiger partial charge in [0, 0.05) is 23.2 Å². The third kappa shape index (κ3) is 5.22. The quantitative estimate of drug-likeness (QED) is 0.685. The number of benzene rings is 1. The molecule has 0 aliphatic heterocycles. The summed E-state index contributed by atoms with van der Waals surface area (Å²) in [6.07, 6.45) is 3.38. The Labute approximate surface area is 127 Å². The van der Waals surface area contributed by atoms with Crippen LogP contribution in [0, 0.1) is 0 Å². The third-order valence-corrected chi connectivity index (χ3v) is 3.29. The maximum Gasteiger partial charge on any atom is 0.166 e. The smallest absolute Gasteiger partial charge is 0.166 e. The predicted molar refractivity (Wildman–Crippen MR) is 85.0 cm³/mol. The van der Waals surface area contributed by atoms with Gasteiger partial charge in [0.1, 0.15) is 0 Å². The van der Waals surface area contributed by atoms with E-state index in [4.69, 9.17) is 21.1 Å². The van der Waals surface area contributed by atoms with E-state index in [0.717, 1.165) is 43.7 Å². The van der Waals surface area contributed by atoms with E-state index in [9.17, 15) is 0 Å². The Morgan fingerprint density at radius 3 is 2.60 bits per heavy atom. The molecule has 1 aromatic carbocycles. The van der Waals surface area contributed by atoms with Crippen LogP contribution in [0.2, 0.25) is 5.02 Å². The molecular formula is C16H26ClNO2. The summed E-state index contributed by atoms with van der Waals surface area (Å²) in [5.41, 5.74) is 1.05. The van der Waals surface area contributed by atoms with Gasteiger partial charge in [-0.25, -0.2) is 0 Å². The lowest BCUT2D eigenvalue weighted by Gasteiger charge is -2.20. The van der Waals surface area contributed by atoms with Gasteiger partial charge in [0.05, 0.1) is 13.2 Å². The highest BCUT2D eigenvalue weighted by atomic mass is 35.5. The summed E-state index contributed by atoms with van der Waals surface area (Å²) in [6.45, 7) is 8.09. The lowest BCUT2D eigenvalue weighted by molar-refractivity contribution is 0.198. The van der Waals surface area contributed by atoms with E-state index in [1.807, 2.05) is 6.07 Å². The first kappa shape index (κ1) is 17.1. The minimum absolute atomic E-state index is 0.167. The molecule has 114 valence electrons. The first-order chi connectivity index (χ1) is 9.62.